The van der Waals surface area contributed by atoms with Gasteiger partial charge < -0.3 is 9.84 Å². The number of carbonyl (C=O) groups is 1. The summed E-state index contributed by atoms with van der Waals surface area (Å²) in [4.78, 5) is 12.0. The fraction of sp³-hybridized carbons (Fsp3) is 0.500. The fourth-order valence-corrected chi connectivity index (χ4v) is 2.29. The van der Waals surface area contributed by atoms with Gasteiger partial charge in [-0.25, -0.2) is 0 Å². The second-order valence-electron chi connectivity index (χ2n) is 5.21. The molecule has 1 aromatic rings. The Morgan fingerprint density at radius 1 is 1.35 bits per heavy atom. The third-order valence-corrected chi connectivity index (χ3v) is 3.51. The van der Waals surface area contributed by atoms with Gasteiger partial charge in [-0.3, -0.25) is 4.79 Å². The van der Waals surface area contributed by atoms with Crippen LogP contribution in [0.3, 0.4) is 0 Å². The van der Waals surface area contributed by atoms with Crippen molar-refractivity contribution in [3.05, 3.63) is 29.3 Å². The molecule has 0 amide bonds. The Balaban J connectivity index is 2.35. The summed E-state index contributed by atoms with van der Waals surface area (Å²) in [5.41, 5.74) is 0.937. The smallest absolute Gasteiger partial charge is 0.163 e. The quantitative estimate of drug-likeness (QED) is 0.853. The maximum absolute atomic E-state index is 12.0. The van der Waals surface area contributed by atoms with Crippen molar-refractivity contribution in [3.63, 3.8) is 0 Å². The normalized spacial score (nSPS) is 20.0. The summed E-state index contributed by atoms with van der Waals surface area (Å²) >= 11 is 0. The van der Waals surface area contributed by atoms with Crippen LogP contribution in [0.15, 0.2) is 18.2 Å². The summed E-state index contributed by atoms with van der Waals surface area (Å²) in [5.74, 6) is 0.798. The van der Waals surface area contributed by atoms with Crippen molar-refractivity contribution in [1.29, 1.82) is 0 Å². The summed E-state index contributed by atoms with van der Waals surface area (Å²) in [6.45, 7) is 3.53. The van der Waals surface area contributed by atoms with E-state index in [9.17, 15) is 9.90 Å². The van der Waals surface area contributed by atoms with E-state index in [2.05, 4.69) is 0 Å². The molecular weight excluding hydrogens is 216 g/mol. The lowest BCUT2D eigenvalue weighted by molar-refractivity contribution is 0.0117. The highest BCUT2D eigenvalue weighted by atomic mass is 16.5. The van der Waals surface area contributed by atoms with Crippen LogP contribution in [0.4, 0.5) is 0 Å². The molecule has 0 spiro atoms. The SMILES string of the molecule is COc1ccc2c(c1)C(=O)C[C@@H](C(C)(C)O)C2. The van der Waals surface area contributed by atoms with E-state index in [-0.39, 0.29) is 11.7 Å². The molecule has 0 heterocycles. The van der Waals surface area contributed by atoms with E-state index >= 15 is 0 Å². The van der Waals surface area contributed by atoms with Crippen LogP contribution in [0.5, 0.6) is 5.75 Å². The highest BCUT2D eigenvalue weighted by molar-refractivity contribution is 5.99. The average molecular weight is 234 g/mol. The molecule has 0 bridgehead atoms. The number of hydrogen-bond acceptors (Lipinski definition) is 3. The maximum atomic E-state index is 12.0. The van der Waals surface area contributed by atoms with E-state index in [0.717, 1.165) is 17.5 Å². The fourth-order valence-electron chi connectivity index (χ4n) is 2.29. The van der Waals surface area contributed by atoms with Gasteiger partial charge in [0.15, 0.2) is 5.78 Å². The lowest BCUT2D eigenvalue weighted by Crippen LogP contribution is -2.37. The molecule has 0 saturated heterocycles. The molecule has 92 valence electrons. The molecule has 0 aromatic heterocycles. The van der Waals surface area contributed by atoms with Gasteiger partial charge in [-0.15, -0.1) is 0 Å². The molecule has 17 heavy (non-hydrogen) atoms. The van der Waals surface area contributed by atoms with Crippen molar-refractivity contribution in [2.24, 2.45) is 5.92 Å². The highest BCUT2D eigenvalue weighted by Crippen LogP contribution is 2.33. The Morgan fingerprint density at radius 2 is 2.06 bits per heavy atom. The maximum Gasteiger partial charge on any atom is 0.163 e. The molecule has 0 saturated carbocycles. The first kappa shape index (κ1) is 12.1. The molecule has 0 unspecified atom stereocenters. The average Bonchev–Trinajstić information content (AvgIpc) is 2.27. The van der Waals surface area contributed by atoms with Crippen molar-refractivity contribution >= 4 is 5.78 Å². The van der Waals surface area contributed by atoms with Crippen LogP contribution >= 0.6 is 0 Å². The number of methoxy groups -OCH3 is 1. The Bertz CT molecular complexity index is 443. The summed E-state index contributed by atoms with van der Waals surface area (Å²) in [6.07, 6.45) is 1.15. The van der Waals surface area contributed by atoms with Crippen molar-refractivity contribution in [3.8, 4) is 5.75 Å². The molecule has 1 atom stereocenters. The zero-order valence-corrected chi connectivity index (χ0v) is 10.5. The van der Waals surface area contributed by atoms with E-state index in [0.29, 0.717) is 12.2 Å². The Labute approximate surface area is 101 Å². The number of carbonyl (C=O) groups excluding carboxylic acids is 1. The predicted molar refractivity (Wildman–Crippen MR) is 65.4 cm³/mol. The molecule has 3 heteroatoms. The van der Waals surface area contributed by atoms with Crippen LogP contribution in [-0.4, -0.2) is 23.6 Å². The van der Waals surface area contributed by atoms with Gasteiger partial charge in [-0.1, -0.05) is 6.07 Å². The number of ether oxygens (including phenoxy) is 1. The molecule has 1 N–H and O–H groups in total. The number of ketones is 1. The third-order valence-electron chi connectivity index (χ3n) is 3.51. The van der Waals surface area contributed by atoms with Gasteiger partial charge in [0.25, 0.3) is 0 Å². The number of aliphatic hydroxyl groups is 1. The molecule has 3 nitrogen and oxygen atoms in total. The molecule has 0 fully saturated rings. The van der Waals surface area contributed by atoms with Crippen LogP contribution in [0.1, 0.15) is 36.2 Å². The molecular formula is C14H18O3. The lowest BCUT2D eigenvalue weighted by Gasteiger charge is -2.32. The zero-order valence-electron chi connectivity index (χ0n) is 10.5. The van der Waals surface area contributed by atoms with Crippen LogP contribution in [0, 0.1) is 5.92 Å². The van der Waals surface area contributed by atoms with Gasteiger partial charge in [0, 0.05) is 12.0 Å². The number of benzene rings is 1. The number of rotatable bonds is 2. The Kier molecular flexibility index (Phi) is 2.96. The summed E-state index contributed by atoms with van der Waals surface area (Å²) < 4.78 is 5.12. The minimum Gasteiger partial charge on any atom is -0.497 e. The largest absolute Gasteiger partial charge is 0.497 e. The third kappa shape index (κ3) is 2.34. The predicted octanol–water partition coefficient (Wildman–Crippen LogP) is 2.21. The topological polar surface area (TPSA) is 46.5 Å². The Hall–Kier alpha value is -1.35. The second-order valence-corrected chi connectivity index (χ2v) is 5.21. The van der Waals surface area contributed by atoms with Crippen LogP contribution in [0.2, 0.25) is 0 Å². The number of hydrogen-bond donors (Lipinski definition) is 1. The van der Waals surface area contributed by atoms with Crippen LogP contribution < -0.4 is 4.74 Å². The van der Waals surface area contributed by atoms with Gasteiger partial charge in [-0.2, -0.15) is 0 Å². The standard InChI is InChI=1S/C14H18O3/c1-14(2,16)10-6-9-4-5-11(17-3)8-12(9)13(15)7-10/h4-5,8,10,16H,6-7H2,1-3H3/t10-/m0/s1. The van der Waals surface area contributed by atoms with Crippen LogP contribution in [-0.2, 0) is 6.42 Å². The molecule has 1 aliphatic carbocycles. The van der Waals surface area contributed by atoms with Gasteiger partial charge in [0.05, 0.1) is 12.7 Å². The molecule has 2 rings (SSSR count). The molecule has 1 aliphatic rings. The monoisotopic (exact) mass is 234 g/mol. The van der Waals surface area contributed by atoms with Crippen molar-refractivity contribution in [2.45, 2.75) is 32.3 Å². The van der Waals surface area contributed by atoms with Gasteiger partial charge >= 0.3 is 0 Å². The lowest BCUT2D eigenvalue weighted by atomic mass is 9.75. The first-order chi connectivity index (χ1) is 7.91. The minimum atomic E-state index is -0.812. The van der Waals surface area contributed by atoms with Crippen molar-refractivity contribution in [1.82, 2.24) is 0 Å². The summed E-state index contributed by atoms with van der Waals surface area (Å²) in [6, 6.07) is 5.57. The van der Waals surface area contributed by atoms with Crippen LogP contribution in [0.25, 0.3) is 0 Å². The van der Waals surface area contributed by atoms with E-state index in [4.69, 9.17) is 4.74 Å². The van der Waals surface area contributed by atoms with Gasteiger partial charge in [0.2, 0.25) is 0 Å². The number of fused-ring (bicyclic) bond motifs is 1. The first-order valence-corrected chi connectivity index (χ1v) is 5.84. The molecule has 1 aromatic carbocycles. The summed E-state index contributed by atoms with van der Waals surface area (Å²) in [5, 5.41) is 10.0. The molecule has 0 radical (unpaired) electrons. The van der Waals surface area contributed by atoms with Gasteiger partial charge in [0.1, 0.15) is 5.75 Å². The minimum absolute atomic E-state index is 0.00380. The van der Waals surface area contributed by atoms with E-state index in [1.165, 1.54) is 0 Å². The van der Waals surface area contributed by atoms with E-state index in [1.807, 2.05) is 12.1 Å². The molecule has 0 aliphatic heterocycles. The van der Waals surface area contributed by atoms with E-state index in [1.54, 1.807) is 27.0 Å². The van der Waals surface area contributed by atoms with Crippen molar-refractivity contribution < 1.29 is 14.6 Å². The highest BCUT2D eigenvalue weighted by Gasteiger charge is 2.34. The summed E-state index contributed by atoms with van der Waals surface area (Å²) in [7, 11) is 1.59. The van der Waals surface area contributed by atoms with Crippen molar-refractivity contribution in [2.75, 3.05) is 7.11 Å². The first-order valence-electron chi connectivity index (χ1n) is 5.84. The second kappa shape index (κ2) is 4.15. The zero-order chi connectivity index (χ0) is 12.6. The van der Waals surface area contributed by atoms with Gasteiger partial charge in [-0.05, 0) is 43.9 Å². The Morgan fingerprint density at radius 3 is 2.65 bits per heavy atom. The van der Waals surface area contributed by atoms with E-state index < -0.39 is 5.60 Å². The number of Topliss-reactive ketones (excluding diaryl/α,β-unsaturated/α-hetero) is 1.